The zero-order chi connectivity index (χ0) is 24.3. The molecule has 0 spiro atoms. The molecule has 0 radical (unpaired) electrons. The molecule has 1 aliphatic rings. The average Bonchev–Trinajstić information content (AvgIpc) is 3.23. The number of hydrogen-bond acceptors (Lipinski definition) is 5. The monoisotopic (exact) mass is 475 g/mol. The lowest BCUT2D eigenvalue weighted by molar-refractivity contribution is -0.120. The first-order valence-electron chi connectivity index (χ1n) is 12.0. The number of hydrogen-bond donors (Lipinski definition) is 1. The Morgan fingerprint density at radius 1 is 0.714 bits per heavy atom. The van der Waals surface area contributed by atoms with Crippen molar-refractivity contribution in [1.29, 1.82) is 0 Å². The van der Waals surface area contributed by atoms with Gasteiger partial charge in [0.25, 0.3) is 0 Å². The Hall–Kier alpha value is -3.03. The van der Waals surface area contributed by atoms with Crippen molar-refractivity contribution in [2.45, 2.75) is 51.2 Å². The van der Waals surface area contributed by atoms with Gasteiger partial charge in [-0.2, -0.15) is 0 Å². The highest BCUT2D eigenvalue weighted by atomic mass is 16.6. The van der Waals surface area contributed by atoms with Gasteiger partial charge < -0.3 is 24.3 Å². The summed E-state index contributed by atoms with van der Waals surface area (Å²) >= 11 is 0. The summed E-state index contributed by atoms with van der Waals surface area (Å²) in [5.41, 5.74) is 3.24. The van der Waals surface area contributed by atoms with E-state index >= 15 is 0 Å². The van der Waals surface area contributed by atoms with Gasteiger partial charge in [-0.05, 0) is 16.7 Å². The zero-order valence-electron chi connectivity index (χ0n) is 20.0. The average molecular weight is 476 g/mol. The quantitative estimate of drug-likeness (QED) is 0.424. The molecule has 0 bridgehead atoms. The standard InChI is InChI=1S/C29H33NO5/c1-22(31)30-17-26-28(33-19-24-13-7-3-8-14-24)29(34-20-25-15-9-4-10-16-25)27(35-26)21-32-18-23-11-5-2-6-12-23/h2-16,26-29H,17-21H2,1H3,(H,30,31)/t26-,27+,28?,29?/m1/s1. The first-order valence-corrected chi connectivity index (χ1v) is 12.0. The Bertz CT molecular complexity index is 1020. The summed E-state index contributed by atoms with van der Waals surface area (Å²) in [7, 11) is 0. The molecule has 1 fully saturated rings. The number of amides is 1. The molecule has 0 aromatic heterocycles. The molecule has 1 saturated heterocycles. The minimum atomic E-state index is -0.365. The summed E-state index contributed by atoms with van der Waals surface area (Å²) in [6, 6.07) is 30.1. The Labute approximate surface area is 207 Å². The van der Waals surface area contributed by atoms with E-state index in [0.717, 1.165) is 16.7 Å². The third-order valence-corrected chi connectivity index (χ3v) is 5.92. The van der Waals surface area contributed by atoms with Crippen LogP contribution >= 0.6 is 0 Å². The fourth-order valence-corrected chi connectivity index (χ4v) is 4.15. The minimum Gasteiger partial charge on any atom is -0.374 e. The van der Waals surface area contributed by atoms with E-state index in [-0.39, 0.29) is 30.3 Å². The molecule has 184 valence electrons. The third-order valence-electron chi connectivity index (χ3n) is 5.92. The largest absolute Gasteiger partial charge is 0.374 e. The van der Waals surface area contributed by atoms with Gasteiger partial charge in [-0.1, -0.05) is 91.0 Å². The lowest BCUT2D eigenvalue weighted by Crippen LogP contribution is -2.42. The van der Waals surface area contributed by atoms with Crippen LogP contribution in [-0.4, -0.2) is 43.5 Å². The zero-order valence-corrected chi connectivity index (χ0v) is 20.0. The van der Waals surface area contributed by atoms with Crippen LogP contribution in [0.3, 0.4) is 0 Å². The highest BCUT2D eigenvalue weighted by Gasteiger charge is 2.46. The van der Waals surface area contributed by atoms with Crippen LogP contribution in [0.2, 0.25) is 0 Å². The van der Waals surface area contributed by atoms with Crippen LogP contribution in [0.25, 0.3) is 0 Å². The van der Waals surface area contributed by atoms with E-state index in [4.69, 9.17) is 18.9 Å². The molecular weight excluding hydrogens is 442 g/mol. The van der Waals surface area contributed by atoms with E-state index in [1.54, 1.807) is 0 Å². The van der Waals surface area contributed by atoms with Gasteiger partial charge in [0.1, 0.15) is 24.4 Å². The molecule has 35 heavy (non-hydrogen) atoms. The molecule has 1 N–H and O–H groups in total. The van der Waals surface area contributed by atoms with Gasteiger partial charge in [0.05, 0.1) is 26.4 Å². The highest BCUT2D eigenvalue weighted by Crippen LogP contribution is 2.29. The molecule has 6 nitrogen and oxygen atoms in total. The van der Waals surface area contributed by atoms with Crippen molar-refractivity contribution in [1.82, 2.24) is 5.32 Å². The molecule has 1 aliphatic heterocycles. The SMILES string of the molecule is CC(=O)NC[C@H]1O[C@@H](COCc2ccccc2)C(OCc2ccccc2)C1OCc1ccccc1. The van der Waals surface area contributed by atoms with Crippen LogP contribution in [0.4, 0.5) is 0 Å². The van der Waals surface area contributed by atoms with Crippen LogP contribution in [0.5, 0.6) is 0 Å². The van der Waals surface area contributed by atoms with E-state index in [9.17, 15) is 4.79 Å². The lowest BCUT2D eigenvalue weighted by atomic mass is 10.1. The number of benzene rings is 3. The maximum atomic E-state index is 11.6. The van der Waals surface area contributed by atoms with E-state index < -0.39 is 0 Å². The maximum Gasteiger partial charge on any atom is 0.216 e. The molecule has 0 aliphatic carbocycles. The van der Waals surface area contributed by atoms with Gasteiger partial charge in [-0.3, -0.25) is 4.79 Å². The molecule has 6 heteroatoms. The first kappa shape index (κ1) is 25.1. The Balaban J connectivity index is 1.47. The summed E-state index contributed by atoms with van der Waals surface area (Å²) in [4.78, 5) is 11.6. The second-order valence-electron chi connectivity index (χ2n) is 8.67. The molecule has 3 aromatic carbocycles. The van der Waals surface area contributed by atoms with Gasteiger partial charge in [0.15, 0.2) is 0 Å². The Kier molecular flexibility index (Phi) is 9.43. The van der Waals surface area contributed by atoms with Crippen molar-refractivity contribution in [3.05, 3.63) is 108 Å². The number of carbonyl (C=O) groups excluding carboxylic acids is 1. The van der Waals surface area contributed by atoms with Gasteiger partial charge in [0.2, 0.25) is 5.91 Å². The summed E-state index contributed by atoms with van der Waals surface area (Å²) in [6.45, 7) is 3.54. The number of rotatable bonds is 12. The second-order valence-corrected chi connectivity index (χ2v) is 8.67. The molecule has 0 saturated carbocycles. The fourth-order valence-electron chi connectivity index (χ4n) is 4.15. The molecule has 1 heterocycles. The molecule has 2 unspecified atom stereocenters. The predicted octanol–water partition coefficient (Wildman–Crippen LogP) is 4.28. The van der Waals surface area contributed by atoms with E-state index in [0.29, 0.717) is 33.0 Å². The van der Waals surface area contributed by atoms with Crippen molar-refractivity contribution in [2.24, 2.45) is 0 Å². The molecular formula is C29H33NO5. The van der Waals surface area contributed by atoms with Gasteiger partial charge in [0, 0.05) is 13.5 Å². The summed E-state index contributed by atoms with van der Waals surface area (Å²) in [5, 5.41) is 2.87. The van der Waals surface area contributed by atoms with Crippen LogP contribution in [0, 0.1) is 0 Å². The van der Waals surface area contributed by atoms with Crippen molar-refractivity contribution in [3.63, 3.8) is 0 Å². The van der Waals surface area contributed by atoms with Crippen molar-refractivity contribution >= 4 is 5.91 Å². The minimum absolute atomic E-state index is 0.110. The van der Waals surface area contributed by atoms with Crippen LogP contribution < -0.4 is 5.32 Å². The van der Waals surface area contributed by atoms with Crippen molar-refractivity contribution < 1.29 is 23.7 Å². The fraction of sp³-hybridized carbons (Fsp3) is 0.345. The molecule has 3 aromatic rings. The van der Waals surface area contributed by atoms with E-state index in [2.05, 4.69) is 5.32 Å². The van der Waals surface area contributed by atoms with E-state index in [1.165, 1.54) is 6.92 Å². The lowest BCUT2D eigenvalue weighted by Gasteiger charge is -2.25. The summed E-state index contributed by atoms with van der Waals surface area (Å²) < 4.78 is 25.2. The molecule has 4 atom stereocenters. The van der Waals surface area contributed by atoms with E-state index in [1.807, 2.05) is 91.0 Å². The van der Waals surface area contributed by atoms with Crippen LogP contribution in [0.15, 0.2) is 91.0 Å². The van der Waals surface area contributed by atoms with Crippen LogP contribution in [0.1, 0.15) is 23.6 Å². The first-order chi connectivity index (χ1) is 17.2. The number of nitrogens with one attached hydrogen (secondary N) is 1. The highest BCUT2D eigenvalue weighted by molar-refractivity contribution is 5.72. The summed E-state index contributed by atoms with van der Waals surface area (Å²) in [5.74, 6) is -0.110. The topological polar surface area (TPSA) is 66.0 Å². The van der Waals surface area contributed by atoms with Gasteiger partial charge in [-0.25, -0.2) is 0 Å². The Morgan fingerprint density at radius 2 is 1.17 bits per heavy atom. The Morgan fingerprint density at radius 3 is 1.66 bits per heavy atom. The normalized spacial score (nSPS) is 21.6. The van der Waals surface area contributed by atoms with Crippen LogP contribution in [-0.2, 0) is 43.6 Å². The van der Waals surface area contributed by atoms with Crippen molar-refractivity contribution in [3.8, 4) is 0 Å². The molecule has 1 amide bonds. The van der Waals surface area contributed by atoms with Gasteiger partial charge >= 0.3 is 0 Å². The second kappa shape index (κ2) is 13.2. The summed E-state index contributed by atoms with van der Waals surface area (Å²) in [6.07, 6.45) is -1.40. The predicted molar refractivity (Wildman–Crippen MR) is 133 cm³/mol. The number of carbonyl (C=O) groups is 1. The third kappa shape index (κ3) is 7.73. The smallest absolute Gasteiger partial charge is 0.216 e. The van der Waals surface area contributed by atoms with Crippen molar-refractivity contribution in [2.75, 3.05) is 13.2 Å². The number of ether oxygens (including phenoxy) is 4. The van der Waals surface area contributed by atoms with Gasteiger partial charge in [-0.15, -0.1) is 0 Å². The molecule has 4 rings (SSSR count). The maximum absolute atomic E-state index is 11.6.